The average molecular weight is 574 g/mol. The molecule has 1 aliphatic heterocycles. The second-order valence-corrected chi connectivity index (χ2v) is 9.83. The first kappa shape index (κ1) is 28.6. The van der Waals surface area contributed by atoms with E-state index < -0.39 is 35.5 Å². The van der Waals surface area contributed by atoms with Gasteiger partial charge in [0.25, 0.3) is 0 Å². The molecule has 3 amide bonds. The number of rotatable bonds is 5. The molecule has 1 heterocycles. The van der Waals surface area contributed by atoms with E-state index in [0.717, 1.165) is 17.2 Å². The summed E-state index contributed by atoms with van der Waals surface area (Å²) in [4.78, 5) is 29.8. The molecule has 0 unspecified atom stereocenters. The molecular formula is C33H27F4N3O2. The average Bonchev–Trinajstić information content (AvgIpc) is 2.98. The summed E-state index contributed by atoms with van der Waals surface area (Å²) in [6.07, 6.45) is -1.55. The Morgan fingerprint density at radius 3 is 2.26 bits per heavy atom. The Bertz CT molecular complexity index is 1590. The van der Waals surface area contributed by atoms with Crippen LogP contribution in [0.3, 0.4) is 0 Å². The number of amides is 3. The fraction of sp³-hybridized carbons (Fsp3) is 0.152. The molecule has 1 atom stereocenters. The number of nitrogens with one attached hydrogen (secondary N) is 1. The molecule has 0 bridgehead atoms. The van der Waals surface area contributed by atoms with Crippen LogP contribution in [0.4, 0.5) is 28.0 Å². The van der Waals surface area contributed by atoms with Gasteiger partial charge in [-0.2, -0.15) is 13.2 Å². The second kappa shape index (κ2) is 12.3. The number of carbonyl (C=O) groups is 2. The molecule has 0 radical (unpaired) electrons. The number of anilines is 1. The fourth-order valence-corrected chi connectivity index (χ4v) is 4.96. The highest BCUT2D eigenvalue weighted by Gasteiger charge is 2.37. The Labute approximate surface area is 240 Å². The summed E-state index contributed by atoms with van der Waals surface area (Å²) < 4.78 is 55.5. The Hall–Kier alpha value is -4.92. The van der Waals surface area contributed by atoms with Crippen LogP contribution in [0, 0.1) is 5.82 Å². The summed E-state index contributed by atoms with van der Waals surface area (Å²) in [6, 6.07) is 25.7. The number of hydrogen-bond donors (Lipinski definition) is 1. The van der Waals surface area contributed by atoms with Gasteiger partial charge in [-0.1, -0.05) is 91.0 Å². The summed E-state index contributed by atoms with van der Waals surface area (Å²) in [7, 11) is 0. The van der Waals surface area contributed by atoms with Crippen LogP contribution in [0.15, 0.2) is 115 Å². The van der Waals surface area contributed by atoms with Crippen LogP contribution in [-0.4, -0.2) is 34.8 Å². The lowest BCUT2D eigenvalue weighted by molar-refractivity contribution is -0.141. The third-order valence-electron chi connectivity index (χ3n) is 7.02. The van der Waals surface area contributed by atoms with Crippen LogP contribution in [0.1, 0.15) is 22.7 Å². The molecular weight excluding hydrogens is 546 g/mol. The SMILES string of the molecule is O=C(Nc1ccccc1-c1ccccc1)N1C/C=C\[C@@H](c2ccccc2C(F)(F)F)N(Cc2ccc(F)cc2)C(=O)C1. The molecule has 4 aromatic carbocycles. The van der Waals surface area contributed by atoms with Gasteiger partial charge < -0.3 is 15.1 Å². The molecule has 0 aromatic heterocycles. The van der Waals surface area contributed by atoms with Crippen LogP contribution < -0.4 is 5.32 Å². The van der Waals surface area contributed by atoms with E-state index in [9.17, 15) is 27.2 Å². The number of urea groups is 1. The quantitative estimate of drug-likeness (QED) is 0.197. The van der Waals surface area contributed by atoms with Gasteiger partial charge in [-0.3, -0.25) is 4.79 Å². The molecule has 0 saturated heterocycles. The number of halogens is 4. The van der Waals surface area contributed by atoms with Crippen LogP contribution in [-0.2, 0) is 17.5 Å². The van der Waals surface area contributed by atoms with Gasteiger partial charge in [0.05, 0.1) is 17.3 Å². The standard InChI is InChI=1S/C33H27F4N3O2/c34-25-18-16-23(17-19-25)21-40-30(27-12-4-6-13-28(27)33(35,36)37)15-8-20-39(22-31(40)41)32(42)38-29-14-7-5-11-26(29)24-9-2-1-3-10-24/h1-19,30H,20-22H2,(H,38,42)/b15-8-/t30-/m0/s1. The molecule has 0 aliphatic carbocycles. The van der Waals surface area contributed by atoms with E-state index in [0.29, 0.717) is 11.3 Å². The molecule has 4 aromatic rings. The van der Waals surface area contributed by atoms with Crippen molar-refractivity contribution in [1.82, 2.24) is 9.80 Å². The molecule has 42 heavy (non-hydrogen) atoms. The Balaban J connectivity index is 1.46. The van der Waals surface area contributed by atoms with E-state index in [1.807, 2.05) is 42.5 Å². The zero-order valence-electron chi connectivity index (χ0n) is 22.4. The molecule has 0 spiro atoms. The van der Waals surface area contributed by atoms with Gasteiger partial charge in [0.15, 0.2) is 0 Å². The van der Waals surface area contributed by atoms with Crippen molar-refractivity contribution in [2.75, 3.05) is 18.4 Å². The first-order valence-corrected chi connectivity index (χ1v) is 13.3. The van der Waals surface area contributed by atoms with Gasteiger partial charge in [-0.05, 0) is 41.0 Å². The lowest BCUT2D eigenvalue weighted by Crippen LogP contribution is -2.46. The minimum absolute atomic E-state index is 0.000149. The maximum atomic E-state index is 14.0. The molecule has 1 N–H and O–H groups in total. The Morgan fingerprint density at radius 1 is 0.857 bits per heavy atom. The molecule has 214 valence electrons. The van der Waals surface area contributed by atoms with Crippen LogP contribution in [0.2, 0.25) is 0 Å². The maximum absolute atomic E-state index is 14.0. The Kier molecular flexibility index (Phi) is 8.38. The van der Waals surface area contributed by atoms with E-state index >= 15 is 0 Å². The van der Waals surface area contributed by atoms with Crippen molar-refractivity contribution in [2.45, 2.75) is 18.8 Å². The topological polar surface area (TPSA) is 52.7 Å². The number of nitrogens with zero attached hydrogens (tertiary/aromatic N) is 2. The lowest BCUT2D eigenvalue weighted by Gasteiger charge is -2.35. The predicted molar refractivity (Wildman–Crippen MR) is 153 cm³/mol. The first-order valence-electron chi connectivity index (χ1n) is 13.3. The van der Waals surface area contributed by atoms with Gasteiger partial charge in [-0.15, -0.1) is 0 Å². The highest BCUT2D eigenvalue weighted by molar-refractivity contribution is 5.96. The molecule has 0 fully saturated rings. The monoisotopic (exact) mass is 573 g/mol. The minimum Gasteiger partial charge on any atom is -0.326 e. The van der Waals surface area contributed by atoms with Crippen molar-refractivity contribution >= 4 is 17.6 Å². The van der Waals surface area contributed by atoms with Crippen molar-refractivity contribution < 1.29 is 27.2 Å². The lowest BCUT2D eigenvalue weighted by atomic mass is 9.96. The zero-order chi connectivity index (χ0) is 29.7. The van der Waals surface area contributed by atoms with E-state index in [4.69, 9.17) is 0 Å². The third-order valence-corrected chi connectivity index (χ3v) is 7.02. The van der Waals surface area contributed by atoms with Gasteiger partial charge in [0.1, 0.15) is 12.4 Å². The van der Waals surface area contributed by atoms with Crippen molar-refractivity contribution in [3.8, 4) is 11.1 Å². The molecule has 5 nitrogen and oxygen atoms in total. The van der Waals surface area contributed by atoms with Crippen molar-refractivity contribution in [3.05, 3.63) is 138 Å². The van der Waals surface area contributed by atoms with Crippen LogP contribution in [0.5, 0.6) is 0 Å². The second-order valence-electron chi connectivity index (χ2n) is 9.83. The van der Waals surface area contributed by atoms with Gasteiger partial charge in [0.2, 0.25) is 5.91 Å². The summed E-state index contributed by atoms with van der Waals surface area (Å²) in [5.74, 6) is -1.03. The molecule has 9 heteroatoms. The fourth-order valence-electron chi connectivity index (χ4n) is 4.96. The molecule has 1 aliphatic rings. The maximum Gasteiger partial charge on any atom is 0.416 e. The van der Waals surface area contributed by atoms with Crippen LogP contribution >= 0.6 is 0 Å². The zero-order valence-corrected chi connectivity index (χ0v) is 22.4. The number of carbonyl (C=O) groups excluding carboxylic acids is 2. The van der Waals surface area contributed by atoms with Gasteiger partial charge >= 0.3 is 12.2 Å². The normalized spacial score (nSPS) is 16.5. The van der Waals surface area contributed by atoms with E-state index in [1.165, 1.54) is 58.3 Å². The minimum atomic E-state index is -4.64. The molecule has 0 saturated carbocycles. The smallest absolute Gasteiger partial charge is 0.326 e. The predicted octanol–water partition coefficient (Wildman–Crippen LogP) is 7.69. The van der Waals surface area contributed by atoms with E-state index in [-0.39, 0.29) is 25.2 Å². The first-order chi connectivity index (χ1) is 20.2. The number of para-hydroxylation sites is 1. The highest BCUT2D eigenvalue weighted by Crippen LogP contribution is 2.38. The highest BCUT2D eigenvalue weighted by atomic mass is 19.4. The van der Waals surface area contributed by atoms with Crippen molar-refractivity contribution in [3.63, 3.8) is 0 Å². The summed E-state index contributed by atoms with van der Waals surface area (Å²) in [5.41, 5.74) is 1.82. The Morgan fingerprint density at radius 2 is 1.52 bits per heavy atom. The van der Waals surface area contributed by atoms with Crippen molar-refractivity contribution in [2.24, 2.45) is 0 Å². The molecule has 5 rings (SSSR count). The van der Waals surface area contributed by atoms with E-state index in [2.05, 4.69) is 5.32 Å². The van der Waals surface area contributed by atoms with Gasteiger partial charge in [-0.25, -0.2) is 9.18 Å². The number of hydrogen-bond acceptors (Lipinski definition) is 2. The number of benzene rings is 4. The number of alkyl halides is 3. The summed E-state index contributed by atoms with van der Waals surface area (Å²) in [5, 5.41) is 2.88. The van der Waals surface area contributed by atoms with Crippen LogP contribution in [0.25, 0.3) is 11.1 Å². The summed E-state index contributed by atoms with van der Waals surface area (Å²) in [6.45, 7) is -0.470. The van der Waals surface area contributed by atoms with Crippen molar-refractivity contribution in [1.29, 1.82) is 0 Å². The van der Waals surface area contributed by atoms with E-state index in [1.54, 1.807) is 18.2 Å². The largest absolute Gasteiger partial charge is 0.416 e. The van der Waals surface area contributed by atoms with Gasteiger partial charge in [0, 0.05) is 18.7 Å². The third kappa shape index (κ3) is 6.52. The summed E-state index contributed by atoms with van der Waals surface area (Å²) >= 11 is 0.